The molecular formula is C18H17FN3OS+. The first-order valence-corrected chi connectivity index (χ1v) is 9.28. The molecule has 1 heterocycles. The van der Waals surface area contributed by atoms with Crippen LogP contribution in [0.2, 0.25) is 0 Å². The maximum atomic E-state index is 13.9. The van der Waals surface area contributed by atoms with Crippen LogP contribution in [0.3, 0.4) is 0 Å². The van der Waals surface area contributed by atoms with Gasteiger partial charge in [-0.25, -0.2) is 4.39 Å². The molecule has 2 aromatic rings. The van der Waals surface area contributed by atoms with Crippen molar-refractivity contribution in [2.24, 2.45) is 5.11 Å². The fourth-order valence-corrected chi connectivity index (χ4v) is 6.16. The normalized spacial score (nSPS) is 27.4. The Morgan fingerprint density at radius 3 is 2.83 bits per heavy atom. The molecule has 2 aromatic carbocycles. The van der Waals surface area contributed by atoms with Crippen LogP contribution in [0.5, 0.6) is 0 Å². The Morgan fingerprint density at radius 2 is 2.00 bits per heavy atom. The lowest BCUT2D eigenvalue weighted by Crippen LogP contribution is -2.21. The van der Waals surface area contributed by atoms with Crippen molar-refractivity contribution >= 4 is 11.2 Å². The van der Waals surface area contributed by atoms with Crippen molar-refractivity contribution in [1.82, 2.24) is 0 Å². The smallest absolute Gasteiger partial charge is 0.183 e. The lowest BCUT2D eigenvalue weighted by atomic mass is 9.87. The molecule has 0 saturated carbocycles. The minimum absolute atomic E-state index is 0.0711. The molecule has 1 aliphatic carbocycles. The third-order valence-corrected chi connectivity index (χ3v) is 7.21. The summed E-state index contributed by atoms with van der Waals surface area (Å²) in [6.07, 6.45) is 1.52. The predicted octanol–water partition coefficient (Wildman–Crippen LogP) is 4.73. The van der Waals surface area contributed by atoms with Crippen LogP contribution in [0.15, 0.2) is 47.6 Å². The third kappa shape index (κ3) is 2.47. The molecule has 1 aliphatic heterocycles. The summed E-state index contributed by atoms with van der Waals surface area (Å²) in [5.74, 6) is -0.134. The first kappa shape index (κ1) is 15.5. The summed E-state index contributed by atoms with van der Waals surface area (Å²) in [7, 11) is 0. The van der Waals surface area contributed by atoms with Crippen molar-refractivity contribution < 1.29 is 8.94 Å². The molecule has 0 amide bonds. The summed E-state index contributed by atoms with van der Waals surface area (Å²) in [4.78, 5) is 2.83. The van der Waals surface area contributed by atoms with E-state index in [9.17, 15) is 8.94 Å². The van der Waals surface area contributed by atoms with Crippen LogP contribution < -0.4 is 0 Å². The maximum absolute atomic E-state index is 13.9. The third-order valence-electron chi connectivity index (χ3n) is 5.08. The Morgan fingerprint density at radius 1 is 1.21 bits per heavy atom. The quantitative estimate of drug-likeness (QED) is 0.364. The number of azide groups is 1. The zero-order valence-electron chi connectivity index (χ0n) is 13.0. The number of hydrogen-bond acceptors (Lipinski definition) is 2. The van der Waals surface area contributed by atoms with Crippen molar-refractivity contribution in [3.8, 4) is 0 Å². The molecule has 1 fully saturated rings. The molecule has 122 valence electrons. The highest BCUT2D eigenvalue weighted by Gasteiger charge is 2.54. The second kappa shape index (κ2) is 6.13. The number of nitrogens with zero attached hydrogens (tertiary/aromatic N) is 3. The average Bonchev–Trinajstić information content (AvgIpc) is 2.84. The van der Waals surface area contributed by atoms with E-state index < -0.39 is 11.2 Å². The molecule has 0 radical (unpaired) electrons. The molecule has 4 nitrogen and oxygen atoms in total. The van der Waals surface area contributed by atoms with Crippen molar-refractivity contribution in [2.75, 3.05) is 6.54 Å². The van der Waals surface area contributed by atoms with Crippen LogP contribution in [0.4, 0.5) is 4.39 Å². The molecule has 24 heavy (non-hydrogen) atoms. The zero-order valence-corrected chi connectivity index (χ0v) is 13.8. The van der Waals surface area contributed by atoms with Crippen LogP contribution in [-0.4, -0.2) is 16.3 Å². The van der Waals surface area contributed by atoms with E-state index in [0.717, 1.165) is 24.0 Å². The minimum Gasteiger partial charge on any atom is -0.207 e. The molecule has 2 aliphatic rings. The van der Waals surface area contributed by atoms with E-state index >= 15 is 0 Å². The van der Waals surface area contributed by atoms with Gasteiger partial charge in [0.1, 0.15) is 5.82 Å². The molecule has 1 unspecified atom stereocenters. The number of benzene rings is 2. The van der Waals surface area contributed by atoms with Gasteiger partial charge in [-0.05, 0) is 40.8 Å². The van der Waals surface area contributed by atoms with Gasteiger partial charge in [0.05, 0.1) is 6.54 Å². The van der Waals surface area contributed by atoms with Gasteiger partial charge in [0.25, 0.3) is 0 Å². The monoisotopic (exact) mass is 342 g/mol. The van der Waals surface area contributed by atoms with Crippen molar-refractivity contribution in [2.45, 2.75) is 29.3 Å². The number of hydrogen-bond donors (Lipinski definition) is 1. The van der Waals surface area contributed by atoms with Crippen LogP contribution in [0, 0.1) is 5.82 Å². The predicted molar refractivity (Wildman–Crippen MR) is 93.5 cm³/mol. The second-order valence-corrected chi connectivity index (χ2v) is 8.23. The van der Waals surface area contributed by atoms with Gasteiger partial charge in [-0.15, -0.1) is 0 Å². The molecule has 1 N–H and O–H groups in total. The summed E-state index contributed by atoms with van der Waals surface area (Å²) in [6, 6.07) is 13.2. The minimum atomic E-state index is -0.948. The van der Waals surface area contributed by atoms with Crippen LogP contribution >= 0.6 is 0 Å². The van der Waals surface area contributed by atoms with Gasteiger partial charge in [-0.1, -0.05) is 35.4 Å². The number of fused-ring (bicyclic) bond motifs is 5. The van der Waals surface area contributed by atoms with E-state index in [1.807, 2.05) is 18.2 Å². The Labute approximate surface area is 142 Å². The lowest BCUT2D eigenvalue weighted by Gasteiger charge is -2.15. The summed E-state index contributed by atoms with van der Waals surface area (Å²) in [5, 5.41) is 3.47. The highest BCUT2D eigenvalue weighted by atomic mass is 32.2. The number of rotatable bonds is 2. The Hall–Kier alpha value is -2.01. The molecule has 4 rings (SSSR count). The second-order valence-electron chi connectivity index (χ2n) is 6.36. The maximum Gasteiger partial charge on any atom is 0.183 e. The summed E-state index contributed by atoms with van der Waals surface area (Å²) in [5.41, 5.74) is 13.0. The van der Waals surface area contributed by atoms with Gasteiger partial charge in [0, 0.05) is 22.8 Å². The molecule has 0 aromatic heterocycles. The molecule has 6 heteroatoms. The first-order valence-electron chi connectivity index (χ1n) is 7.97. The Balaban J connectivity index is 1.86. The van der Waals surface area contributed by atoms with Crippen molar-refractivity contribution in [3.05, 3.63) is 81.0 Å². The largest absolute Gasteiger partial charge is 0.207 e. The highest BCUT2D eigenvalue weighted by molar-refractivity contribution is 7.92. The topological polar surface area (TPSA) is 69.0 Å². The van der Waals surface area contributed by atoms with Crippen LogP contribution in [0.25, 0.3) is 10.4 Å². The lowest BCUT2D eigenvalue weighted by molar-refractivity contribution is 0.608. The molecule has 4 atom stereocenters. The van der Waals surface area contributed by atoms with Gasteiger partial charge in [0.15, 0.2) is 21.7 Å². The first-order chi connectivity index (χ1) is 11.7. The standard InChI is InChI=1S/C18H17FN3OS/c19-13-6-5-12-7-11-3-1-2-4-15(11)17-9-14(10-21-22-20)24(23)18(17)16(12)8-13/h1-6,8,14,17-18,23H,7,9-10H2/q+1/t14-,17-,18-,24?/m1/s1. The summed E-state index contributed by atoms with van der Waals surface area (Å²) < 4.78 is 24.8. The fourth-order valence-electron chi connectivity index (χ4n) is 4.05. The molecule has 0 spiro atoms. The summed E-state index contributed by atoms with van der Waals surface area (Å²) in [6.45, 7) is 0.288. The average molecular weight is 342 g/mol. The van der Waals surface area contributed by atoms with E-state index in [2.05, 4.69) is 22.2 Å². The van der Waals surface area contributed by atoms with Crippen LogP contribution in [-0.2, 0) is 17.6 Å². The van der Waals surface area contributed by atoms with Gasteiger partial charge < -0.3 is 0 Å². The molecule has 0 bridgehead atoms. The van der Waals surface area contributed by atoms with Crippen LogP contribution in [0.1, 0.15) is 39.8 Å². The van der Waals surface area contributed by atoms with Gasteiger partial charge in [-0.2, -0.15) is 4.55 Å². The van der Waals surface area contributed by atoms with E-state index in [0.29, 0.717) is 0 Å². The molecule has 1 saturated heterocycles. The number of halogens is 1. The van der Waals surface area contributed by atoms with Gasteiger partial charge >= 0.3 is 0 Å². The van der Waals surface area contributed by atoms with Crippen molar-refractivity contribution in [3.63, 3.8) is 0 Å². The van der Waals surface area contributed by atoms with Gasteiger partial charge in [0.2, 0.25) is 0 Å². The van der Waals surface area contributed by atoms with E-state index in [4.69, 9.17) is 5.53 Å². The van der Waals surface area contributed by atoms with Gasteiger partial charge in [-0.3, -0.25) is 0 Å². The zero-order chi connectivity index (χ0) is 16.7. The fraction of sp³-hybridized carbons (Fsp3) is 0.333. The van der Waals surface area contributed by atoms with E-state index in [1.54, 1.807) is 6.07 Å². The Bertz CT molecular complexity index is 837. The SMILES string of the molecule is [N-]=[N+]=NC[C@H]1C[C@@H]2c3ccccc3Cc3ccc(F)cc3[C@H]2[S+]1O. The van der Waals surface area contributed by atoms with E-state index in [1.165, 1.54) is 17.2 Å². The molecular weight excluding hydrogens is 325 g/mol. The van der Waals surface area contributed by atoms with Crippen molar-refractivity contribution in [1.29, 1.82) is 0 Å². The Kier molecular flexibility index (Phi) is 3.96. The van der Waals surface area contributed by atoms with E-state index in [-0.39, 0.29) is 28.8 Å². The highest BCUT2D eigenvalue weighted by Crippen LogP contribution is 2.53. The summed E-state index contributed by atoms with van der Waals surface area (Å²) >= 11 is -0.948.